The number of nitrogens with zero attached hydrogens (tertiary/aromatic N) is 5. The fraction of sp³-hybridized carbons (Fsp3) is 0. The summed E-state index contributed by atoms with van der Waals surface area (Å²) in [5, 5.41) is 10.6. The zero-order valence-corrected chi connectivity index (χ0v) is 31.8. The molecule has 0 radical (unpaired) electrons. The van der Waals surface area contributed by atoms with Crippen LogP contribution in [0.25, 0.3) is 116 Å². The Balaban J connectivity index is 1.06. The Hall–Kier alpha value is -8.02. The van der Waals surface area contributed by atoms with Crippen molar-refractivity contribution in [1.29, 1.82) is 0 Å². The lowest BCUT2D eigenvalue weighted by molar-refractivity contribution is 1.01. The first-order valence-corrected chi connectivity index (χ1v) is 20.1. The lowest BCUT2D eigenvalue weighted by Gasteiger charge is -2.13. The van der Waals surface area contributed by atoms with Crippen LogP contribution in [0, 0.1) is 0 Å². The van der Waals surface area contributed by atoms with Gasteiger partial charge < -0.3 is 9.13 Å². The van der Waals surface area contributed by atoms with Crippen molar-refractivity contribution in [3.8, 4) is 28.6 Å². The van der Waals surface area contributed by atoms with E-state index in [-0.39, 0.29) is 0 Å². The minimum absolute atomic E-state index is 0.645. The third-order valence-electron chi connectivity index (χ3n) is 12.2. The summed E-state index contributed by atoms with van der Waals surface area (Å²) < 4.78 is 7.01. The smallest absolute Gasteiger partial charge is 0.235 e. The van der Waals surface area contributed by atoms with Crippen molar-refractivity contribution in [3.63, 3.8) is 0 Å². The fourth-order valence-corrected chi connectivity index (χ4v) is 9.61. The van der Waals surface area contributed by atoms with E-state index < -0.39 is 0 Å². The minimum atomic E-state index is 0.645. The van der Waals surface area contributed by atoms with Crippen LogP contribution in [0.1, 0.15) is 0 Å². The highest BCUT2D eigenvalue weighted by Crippen LogP contribution is 2.39. The van der Waals surface area contributed by atoms with E-state index in [9.17, 15) is 0 Å². The predicted octanol–water partition coefficient (Wildman–Crippen LogP) is 13.7. The van der Waals surface area contributed by atoms with Crippen molar-refractivity contribution in [1.82, 2.24) is 23.7 Å². The SMILES string of the molecule is c1ccc(-n2c3ccccc3c3ccc(-c4nc(-n5c6ccccc6c6cc7ccc(-n8c9ccccc9c9ccccc98)cc7cc65)nc5ccccc45)cc32)cc1. The molecule has 0 bridgehead atoms. The van der Waals surface area contributed by atoms with E-state index >= 15 is 0 Å². The second-order valence-electron chi connectivity index (χ2n) is 15.4. The molecule has 9 aromatic carbocycles. The molecule has 5 nitrogen and oxygen atoms in total. The Kier molecular flexibility index (Phi) is 6.66. The molecule has 0 fully saturated rings. The maximum Gasteiger partial charge on any atom is 0.235 e. The van der Waals surface area contributed by atoms with E-state index in [4.69, 9.17) is 9.97 Å². The quantitative estimate of drug-likeness (QED) is 0.180. The summed E-state index contributed by atoms with van der Waals surface area (Å²) in [5.41, 5.74) is 12.0. The number of aromatic nitrogens is 5. The van der Waals surface area contributed by atoms with Gasteiger partial charge in [-0.1, -0.05) is 127 Å². The van der Waals surface area contributed by atoms with Gasteiger partial charge in [0.2, 0.25) is 5.95 Å². The zero-order valence-electron chi connectivity index (χ0n) is 31.8. The molecule has 0 unspecified atom stereocenters. The molecule has 274 valence electrons. The topological polar surface area (TPSA) is 40.6 Å². The summed E-state index contributed by atoms with van der Waals surface area (Å²) in [7, 11) is 0. The summed E-state index contributed by atoms with van der Waals surface area (Å²) in [4.78, 5) is 10.8. The van der Waals surface area contributed by atoms with Crippen LogP contribution in [0.3, 0.4) is 0 Å². The second-order valence-corrected chi connectivity index (χ2v) is 15.4. The minimum Gasteiger partial charge on any atom is -0.309 e. The Morgan fingerprint density at radius 1 is 0.288 bits per heavy atom. The van der Waals surface area contributed by atoms with Crippen molar-refractivity contribution in [3.05, 3.63) is 200 Å². The fourth-order valence-electron chi connectivity index (χ4n) is 9.61. The van der Waals surface area contributed by atoms with Crippen molar-refractivity contribution >= 4 is 87.1 Å². The molecule has 0 spiro atoms. The molecule has 0 N–H and O–H groups in total. The standard InChI is InChI=1S/C54H33N5/c1-2-14-37(15-3-1)57-47-22-10-7-18-41(47)43-29-27-35(32-51(43)57)53-44-20-4-9-21-46(44)55-54(56-53)59-50-25-13-8-19-42(50)45-31-34-26-28-38(30-36(34)33-52(45)59)58-48-23-11-5-16-39(48)40-17-6-12-24-49(40)58/h1-33H. The van der Waals surface area contributed by atoms with Gasteiger partial charge in [-0.2, -0.15) is 0 Å². The van der Waals surface area contributed by atoms with E-state index in [1.165, 1.54) is 54.3 Å². The summed E-state index contributed by atoms with van der Waals surface area (Å²) in [6, 6.07) is 71.9. The molecular formula is C54H33N5. The van der Waals surface area contributed by atoms with Gasteiger partial charge in [0.25, 0.3) is 0 Å². The number of fused-ring (bicyclic) bond motifs is 11. The maximum absolute atomic E-state index is 5.52. The predicted molar refractivity (Wildman–Crippen MR) is 245 cm³/mol. The molecule has 0 aliphatic carbocycles. The van der Waals surface area contributed by atoms with E-state index in [1.54, 1.807) is 0 Å². The molecule has 0 aliphatic heterocycles. The van der Waals surface area contributed by atoms with Crippen LogP contribution in [-0.2, 0) is 0 Å². The lowest BCUT2D eigenvalue weighted by atomic mass is 10.0. The van der Waals surface area contributed by atoms with E-state index in [0.717, 1.165) is 55.5 Å². The molecule has 5 heteroatoms. The van der Waals surface area contributed by atoms with Gasteiger partial charge in [0.1, 0.15) is 0 Å². The van der Waals surface area contributed by atoms with Crippen LogP contribution in [0.5, 0.6) is 0 Å². The molecule has 0 aliphatic rings. The third-order valence-corrected chi connectivity index (χ3v) is 12.2. The highest BCUT2D eigenvalue weighted by Gasteiger charge is 2.20. The normalized spacial score (nSPS) is 12.1. The molecule has 4 aromatic heterocycles. The van der Waals surface area contributed by atoms with Crippen LogP contribution in [0.4, 0.5) is 0 Å². The number of rotatable bonds is 4. The molecule has 13 rings (SSSR count). The summed E-state index contributed by atoms with van der Waals surface area (Å²) in [6.07, 6.45) is 0. The van der Waals surface area contributed by atoms with Gasteiger partial charge in [-0.3, -0.25) is 4.57 Å². The molecule has 0 atom stereocenters. The van der Waals surface area contributed by atoms with Gasteiger partial charge >= 0.3 is 0 Å². The maximum atomic E-state index is 5.52. The summed E-state index contributed by atoms with van der Waals surface area (Å²) in [5.74, 6) is 0.645. The number of hydrogen-bond acceptors (Lipinski definition) is 2. The number of hydrogen-bond donors (Lipinski definition) is 0. The molecule has 59 heavy (non-hydrogen) atoms. The highest BCUT2D eigenvalue weighted by molar-refractivity contribution is 6.15. The average molecular weight is 752 g/mol. The largest absolute Gasteiger partial charge is 0.309 e. The molecule has 4 heterocycles. The first-order valence-electron chi connectivity index (χ1n) is 20.1. The van der Waals surface area contributed by atoms with Crippen molar-refractivity contribution < 1.29 is 0 Å². The number of benzene rings is 9. The molecule has 0 saturated heterocycles. The molecular weight excluding hydrogens is 719 g/mol. The summed E-state index contributed by atoms with van der Waals surface area (Å²) >= 11 is 0. The Morgan fingerprint density at radius 3 is 1.49 bits per heavy atom. The van der Waals surface area contributed by atoms with Crippen LogP contribution in [-0.4, -0.2) is 23.7 Å². The van der Waals surface area contributed by atoms with Crippen LogP contribution in [0.15, 0.2) is 200 Å². The van der Waals surface area contributed by atoms with Crippen LogP contribution >= 0.6 is 0 Å². The monoisotopic (exact) mass is 751 g/mol. The first-order chi connectivity index (χ1) is 29.3. The average Bonchev–Trinajstić information content (AvgIpc) is 3.93. The van der Waals surface area contributed by atoms with Crippen molar-refractivity contribution in [2.75, 3.05) is 0 Å². The van der Waals surface area contributed by atoms with E-state index in [0.29, 0.717) is 5.95 Å². The van der Waals surface area contributed by atoms with Gasteiger partial charge in [-0.15, -0.1) is 0 Å². The Bertz CT molecular complexity index is 3800. The third kappa shape index (κ3) is 4.67. The number of para-hydroxylation sites is 6. The van der Waals surface area contributed by atoms with Gasteiger partial charge in [0, 0.05) is 54.6 Å². The zero-order chi connectivity index (χ0) is 38.6. The van der Waals surface area contributed by atoms with Crippen molar-refractivity contribution in [2.24, 2.45) is 0 Å². The van der Waals surface area contributed by atoms with Gasteiger partial charge in [0.15, 0.2) is 0 Å². The van der Waals surface area contributed by atoms with Gasteiger partial charge in [0.05, 0.1) is 44.3 Å². The van der Waals surface area contributed by atoms with E-state index in [2.05, 4.69) is 214 Å². The second kappa shape index (κ2) is 12.2. The Morgan fingerprint density at radius 2 is 0.814 bits per heavy atom. The van der Waals surface area contributed by atoms with Crippen LogP contribution in [0.2, 0.25) is 0 Å². The molecule has 13 aromatic rings. The van der Waals surface area contributed by atoms with Gasteiger partial charge in [-0.25, -0.2) is 9.97 Å². The van der Waals surface area contributed by atoms with E-state index in [1.807, 2.05) is 0 Å². The lowest BCUT2D eigenvalue weighted by Crippen LogP contribution is -2.03. The highest BCUT2D eigenvalue weighted by atomic mass is 15.2. The summed E-state index contributed by atoms with van der Waals surface area (Å²) in [6.45, 7) is 0. The van der Waals surface area contributed by atoms with Crippen molar-refractivity contribution in [2.45, 2.75) is 0 Å². The Labute approximate surface area is 338 Å². The van der Waals surface area contributed by atoms with Crippen LogP contribution < -0.4 is 0 Å². The molecule has 0 amide bonds. The molecule has 0 saturated carbocycles. The van der Waals surface area contributed by atoms with Gasteiger partial charge in [-0.05, 0) is 83.6 Å². The first kappa shape index (κ1) is 32.1.